The van der Waals surface area contributed by atoms with E-state index in [1.54, 1.807) is 24.3 Å². The molecule has 1 aromatic carbocycles. The van der Waals surface area contributed by atoms with Crippen LogP contribution in [0.2, 0.25) is 0 Å². The number of hydrogen-bond donors (Lipinski definition) is 1. The lowest BCUT2D eigenvalue weighted by molar-refractivity contribution is 0.175. The molecule has 0 radical (unpaired) electrons. The molecule has 0 aliphatic carbocycles. The van der Waals surface area contributed by atoms with Crippen molar-refractivity contribution in [3.63, 3.8) is 0 Å². The van der Waals surface area contributed by atoms with Crippen molar-refractivity contribution in [2.45, 2.75) is 37.1 Å². The SMILES string of the molecule is CC(CNS(=O)(=O)c1ccccc1Br)N1CCCCC1. The quantitative estimate of drug-likeness (QED) is 0.877. The van der Waals surface area contributed by atoms with Crippen molar-refractivity contribution in [1.82, 2.24) is 9.62 Å². The first-order valence-corrected chi connectivity index (χ1v) is 9.26. The highest BCUT2D eigenvalue weighted by Gasteiger charge is 2.21. The van der Waals surface area contributed by atoms with Crippen LogP contribution in [0.25, 0.3) is 0 Å². The van der Waals surface area contributed by atoms with Crippen LogP contribution in [0.1, 0.15) is 26.2 Å². The lowest BCUT2D eigenvalue weighted by Gasteiger charge is -2.32. The van der Waals surface area contributed by atoms with Gasteiger partial charge in [0.15, 0.2) is 0 Å². The molecular formula is C14H21BrN2O2S. The van der Waals surface area contributed by atoms with Crippen LogP contribution in [0, 0.1) is 0 Å². The Balaban J connectivity index is 1.97. The number of benzene rings is 1. The van der Waals surface area contributed by atoms with Gasteiger partial charge in [0.05, 0.1) is 4.90 Å². The Morgan fingerprint density at radius 3 is 2.55 bits per heavy atom. The molecule has 6 heteroatoms. The fourth-order valence-corrected chi connectivity index (χ4v) is 4.58. The lowest BCUT2D eigenvalue weighted by Crippen LogP contribution is -2.44. The minimum Gasteiger partial charge on any atom is -0.299 e. The minimum atomic E-state index is -3.45. The molecule has 1 unspecified atom stereocenters. The van der Waals surface area contributed by atoms with E-state index >= 15 is 0 Å². The molecule has 2 rings (SSSR count). The van der Waals surface area contributed by atoms with Crippen LogP contribution < -0.4 is 4.72 Å². The van der Waals surface area contributed by atoms with Gasteiger partial charge in [-0.3, -0.25) is 4.90 Å². The van der Waals surface area contributed by atoms with Crippen molar-refractivity contribution in [2.24, 2.45) is 0 Å². The standard InChI is InChI=1S/C14H21BrN2O2S/c1-12(17-9-5-2-6-10-17)11-16-20(18,19)14-8-4-3-7-13(14)15/h3-4,7-8,12,16H,2,5-6,9-11H2,1H3. The van der Waals surface area contributed by atoms with Gasteiger partial charge in [-0.25, -0.2) is 13.1 Å². The zero-order chi connectivity index (χ0) is 14.6. The number of hydrogen-bond acceptors (Lipinski definition) is 3. The van der Waals surface area contributed by atoms with Gasteiger partial charge in [0.1, 0.15) is 0 Å². The zero-order valence-electron chi connectivity index (χ0n) is 11.7. The lowest BCUT2D eigenvalue weighted by atomic mass is 10.1. The number of sulfonamides is 1. The summed E-state index contributed by atoms with van der Waals surface area (Å²) in [5.41, 5.74) is 0. The molecule has 1 aliphatic rings. The second-order valence-corrected chi connectivity index (χ2v) is 7.82. The van der Waals surface area contributed by atoms with Crippen molar-refractivity contribution in [3.8, 4) is 0 Å². The Hall–Kier alpha value is -0.430. The Morgan fingerprint density at radius 2 is 1.90 bits per heavy atom. The topological polar surface area (TPSA) is 49.4 Å². The van der Waals surface area contributed by atoms with Gasteiger partial charge in [-0.2, -0.15) is 0 Å². The van der Waals surface area contributed by atoms with Crippen molar-refractivity contribution < 1.29 is 8.42 Å². The maximum absolute atomic E-state index is 12.3. The molecular weight excluding hydrogens is 340 g/mol. The Labute approximate surface area is 129 Å². The number of rotatable bonds is 5. The average Bonchev–Trinajstić information content (AvgIpc) is 2.46. The summed E-state index contributed by atoms with van der Waals surface area (Å²) in [7, 11) is -3.45. The van der Waals surface area contributed by atoms with Gasteiger partial charge in [0, 0.05) is 17.1 Å². The highest BCUT2D eigenvalue weighted by atomic mass is 79.9. The molecule has 0 spiro atoms. The van der Waals surface area contributed by atoms with Crippen LogP contribution in [-0.2, 0) is 10.0 Å². The Bertz CT molecular complexity index is 542. The monoisotopic (exact) mass is 360 g/mol. The van der Waals surface area contributed by atoms with E-state index in [-0.39, 0.29) is 6.04 Å². The van der Waals surface area contributed by atoms with E-state index in [0.717, 1.165) is 13.1 Å². The van der Waals surface area contributed by atoms with Crippen LogP contribution in [-0.4, -0.2) is 39.0 Å². The van der Waals surface area contributed by atoms with E-state index in [0.29, 0.717) is 15.9 Å². The van der Waals surface area contributed by atoms with Crippen LogP contribution in [0.5, 0.6) is 0 Å². The largest absolute Gasteiger partial charge is 0.299 e. The maximum Gasteiger partial charge on any atom is 0.241 e. The molecule has 1 saturated heterocycles. The van der Waals surface area contributed by atoms with Crippen LogP contribution >= 0.6 is 15.9 Å². The first-order chi connectivity index (χ1) is 9.50. The third-order valence-electron chi connectivity index (χ3n) is 3.71. The van der Waals surface area contributed by atoms with Gasteiger partial charge in [-0.15, -0.1) is 0 Å². The molecule has 0 amide bonds. The number of likely N-dealkylation sites (tertiary alicyclic amines) is 1. The molecule has 0 saturated carbocycles. The normalized spacial score (nSPS) is 18.9. The highest BCUT2D eigenvalue weighted by molar-refractivity contribution is 9.10. The number of nitrogens with zero attached hydrogens (tertiary/aromatic N) is 1. The van der Waals surface area contributed by atoms with Gasteiger partial charge >= 0.3 is 0 Å². The first-order valence-electron chi connectivity index (χ1n) is 6.99. The van der Waals surface area contributed by atoms with Gasteiger partial charge in [-0.05, 0) is 60.9 Å². The van der Waals surface area contributed by atoms with E-state index in [2.05, 4.69) is 32.5 Å². The van der Waals surface area contributed by atoms with Gasteiger partial charge in [0.2, 0.25) is 10.0 Å². The molecule has 4 nitrogen and oxygen atoms in total. The fraction of sp³-hybridized carbons (Fsp3) is 0.571. The minimum absolute atomic E-state index is 0.229. The summed E-state index contributed by atoms with van der Waals surface area (Å²) in [6.07, 6.45) is 3.70. The summed E-state index contributed by atoms with van der Waals surface area (Å²) in [5.74, 6) is 0. The molecule has 1 aromatic rings. The van der Waals surface area contributed by atoms with Crippen LogP contribution in [0.3, 0.4) is 0 Å². The van der Waals surface area contributed by atoms with E-state index in [4.69, 9.17) is 0 Å². The summed E-state index contributed by atoms with van der Waals surface area (Å²) in [6.45, 7) is 4.66. The third kappa shape index (κ3) is 4.04. The van der Waals surface area contributed by atoms with Crippen molar-refractivity contribution in [3.05, 3.63) is 28.7 Å². The molecule has 1 aliphatic heterocycles. The van der Waals surface area contributed by atoms with Gasteiger partial charge < -0.3 is 0 Å². The molecule has 20 heavy (non-hydrogen) atoms. The van der Waals surface area contributed by atoms with E-state index in [1.807, 2.05) is 0 Å². The second-order valence-electron chi connectivity index (χ2n) is 5.23. The number of nitrogens with one attached hydrogen (secondary N) is 1. The average molecular weight is 361 g/mol. The summed E-state index contributed by atoms with van der Waals surface area (Å²) >= 11 is 3.29. The van der Waals surface area contributed by atoms with Crippen molar-refractivity contribution in [1.29, 1.82) is 0 Å². The van der Waals surface area contributed by atoms with Crippen molar-refractivity contribution in [2.75, 3.05) is 19.6 Å². The van der Waals surface area contributed by atoms with E-state index in [1.165, 1.54) is 19.3 Å². The second kappa shape index (κ2) is 7.02. The number of piperidine rings is 1. The Morgan fingerprint density at radius 1 is 1.25 bits per heavy atom. The number of halogens is 1. The summed E-state index contributed by atoms with van der Waals surface area (Å²) < 4.78 is 27.9. The molecule has 0 bridgehead atoms. The van der Waals surface area contributed by atoms with E-state index < -0.39 is 10.0 Å². The van der Waals surface area contributed by atoms with Crippen molar-refractivity contribution >= 4 is 26.0 Å². The third-order valence-corrected chi connectivity index (χ3v) is 6.14. The summed E-state index contributed by atoms with van der Waals surface area (Å²) in [5, 5.41) is 0. The fourth-order valence-electron chi connectivity index (χ4n) is 2.46. The van der Waals surface area contributed by atoms with Gasteiger partial charge in [0.25, 0.3) is 0 Å². The maximum atomic E-state index is 12.3. The van der Waals surface area contributed by atoms with Crippen LogP contribution in [0.15, 0.2) is 33.6 Å². The Kier molecular flexibility index (Phi) is 5.60. The first kappa shape index (κ1) is 15.9. The molecule has 1 fully saturated rings. The highest BCUT2D eigenvalue weighted by Crippen LogP contribution is 2.21. The molecule has 1 N–H and O–H groups in total. The summed E-state index contributed by atoms with van der Waals surface area (Å²) in [6, 6.07) is 7.11. The predicted molar refractivity (Wildman–Crippen MR) is 84.2 cm³/mol. The molecule has 1 heterocycles. The molecule has 0 aromatic heterocycles. The van der Waals surface area contributed by atoms with Gasteiger partial charge in [-0.1, -0.05) is 18.6 Å². The predicted octanol–water partition coefficient (Wildman–Crippen LogP) is 2.60. The molecule has 112 valence electrons. The van der Waals surface area contributed by atoms with E-state index in [9.17, 15) is 8.42 Å². The zero-order valence-corrected chi connectivity index (χ0v) is 14.1. The van der Waals surface area contributed by atoms with Crippen LogP contribution in [0.4, 0.5) is 0 Å². The smallest absolute Gasteiger partial charge is 0.241 e. The molecule has 1 atom stereocenters. The summed E-state index contributed by atoms with van der Waals surface area (Å²) in [4.78, 5) is 2.65.